The molecule has 3 aromatic rings. The lowest BCUT2D eigenvalue weighted by Crippen LogP contribution is -2.50. The number of aromatic amines is 1. The lowest BCUT2D eigenvalue weighted by atomic mass is 9.73. The fourth-order valence-electron chi connectivity index (χ4n) is 3.27. The molecule has 0 spiro atoms. The van der Waals surface area contributed by atoms with Gasteiger partial charge in [-0.3, -0.25) is 4.68 Å². The fourth-order valence-corrected chi connectivity index (χ4v) is 3.27. The summed E-state index contributed by atoms with van der Waals surface area (Å²) in [5.74, 6) is 0. The van der Waals surface area contributed by atoms with E-state index in [1.165, 1.54) is 0 Å². The van der Waals surface area contributed by atoms with Crippen LogP contribution in [-0.2, 0) is 5.54 Å². The number of hydrogen-bond donors (Lipinski definition) is 1. The van der Waals surface area contributed by atoms with Crippen molar-refractivity contribution in [3.8, 4) is 11.1 Å². The predicted octanol–water partition coefficient (Wildman–Crippen LogP) is 2.52. The average molecular weight is 303 g/mol. The minimum atomic E-state index is -0.340. The van der Waals surface area contributed by atoms with Crippen molar-refractivity contribution in [2.45, 2.75) is 24.4 Å². The highest BCUT2D eigenvalue weighted by atomic mass is 15.3. The molecule has 0 unspecified atom stereocenters. The first-order valence-electron chi connectivity index (χ1n) is 7.30. The zero-order chi connectivity index (χ0) is 15.9. The number of nitrogens with one attached hydrogen (secondary N) is 1. The van der Waals surface area contributed by atoms with Gasteiger partial charge in [-0.2, -0.15) is 10.2 Å². The second-order valence-electron chi connectivity index (χ2n) is 5.90. The topological polar surface area (TPSA) is 68.1 Å². The Hall–Kier alpha value is -3.19. The first-order chi connectivity index (χ1) is 11.3. The average Bonchev–Trinajstić information content (AvgIpc) is 3.18. The quantitative estimate of drug-likeness (QED) is 0.756. The van der Waals surface area contributed by atoms with Gasteiger partial charge in [0.15, 0.2) is 5.65 Å². The Kier molecular flexibility index (Phi) is 2.88. The van der Waals surface area contributed by atoms with Gasteiger partial charge in [-0.25, -0.2) is 13.1 Å². The monoisotopic (exact) mass is 303 g/mol. The van der Waals surface area contributed by atoms with E-state index < -0.39 is 0 Å². The van der Waals surface area contributed by atoms with Crippen LogP contribution in [0.2, 0.25) is 0 Å². The van der Waals surface area contributed by atoms with E-state index in [9.17, 15) is 0 Å². The summed E-state index contributed by atoms with van der Waals surface area (Å²) >= 11 is 0. The molecule has 1 N–H and O–H groups in total. The van der Waals surface area contributed by atoms with Gasteiger partial charge in [0.05, 0.1) is 25.2 Å². The van der Waals surface area contributed by atoms with Crippen LogP contribution in [-0.4, -0.2) is 37.5 Å². The summed E-state index contributed by atoms with van der Waals surface area (Å²) in [6, 6.07) is 1.97. The van der Waals surface area contributed by atoms with E-state index in [0.717, 1.165) is 22.2 Å². The van der Waals surface area contributed by atoms with Crippen molar-refractivity contribution < 1.29 is 0 Å². The zero-order valence-electron chi connectivity index (χ0n) is 12.3. The number of hydrogen-bond acceptors (Lipinski definition) is 3. The molecular formula is C16H13N7. The van der Waals surface area contributed by atoms with Gasteiger partial charge in [0.2, 0.25) is 12.6 Å². The van der Waals surface area contributed by atoms with Crippen molar-refractivity contribution in [2.24, 2.45) is 0 Å². The van der Waals surface area contributed by atoms with Gasteiger partial charge in [-0.05, 0) is 6.07 Å². The SMILES string of the molecule is [C-]#[N+]C[C@]1(n2cc(-c3cnnc4[nH]ccc34)cn2)C[C@@H]([N+]#[C-])C1. The molecule has 4 rings (SSSR count). The van der Waals surface area contributed by atoms with E-state index in [4.69, 9.17) is 13.1 Å². The minimum absolute atomic E-state index is 0.00312. The third-order valence-electron chi connectivity index (χ3n) is 4.53. The Morgan fingerprint density at radius 2 is 2.22 bits per heavy atom. The third-order valence-corrected chi connectivity index (χ3v) is 4.53. The molecule has 112 valence electrons. The normalized spacial score (nSPS) is 23.1. The lowest BCUT2D eigenvalue weighted by molar-refractivity contribution is 0.135. The number of fused-ring (bicyclic) bond motifs is 1. The van der Waals surface area contributed by atoms with Crippen LogP contribution in [0.4, 0.5) is 0 Å². The highest BCUT2D eigenvalue weighted by Crippen LogP contribution is 2.42. The largest absolute Gasteiger partial charge is 0.345 e. The van der Waals surface area contributed by atoms with Gasteiger partial charge in [0, 0.05) is 28.9 Å². The number of aromatic nitrogens is 5. The van der Waals surface area contributed by atoms with Crippen molar-refractivity contribution in [3.63, 3.8) is 0 Å². The highest BCUT2D eigenvalue weighted by molar-refractivity contribution is 5.91. The molecule has 1 saturated carbocycles. The van der Waals surface area contributed by atoms with Crippen LogP contribution in [0, 0.1) is 13.1 Å². The molecule has 23 heavy (non-hydrogen) atoms. The van der Waals surface area contributed by atoms with E-state index in [0.29, 0.717) is 19.4 Å². The smallest absolute Gasteiger partial charge is 0.240 e. The molecule has 3 heterocycles. The molecule has 3 aromatic heterocycles. The summed E-state index contributed by atoms with van der Waals surface area (Å²) in [5.41, 5.74) is 2.30. The van der Waals surface area contributed by atoms with Crippen molar-refractivity contribution in [1.82, 2.24) is 25.0 Å². The summed E-state index contributed by atoms with van der Waals surface area (Å²) < 4.78 is 1.86. The van der Waals surface area contributed by atoms with Crippen LogP contribution in [0.15, 0.2) is 30.9 Å². The molecular weight excluding hydrogens is 290 g/mol. The molecule has 1 aliphatic carbocycles. The Balaban J connectivity index is 1.74. The molecule has 1 fully saturated rings. The molecule has 0 amide bonds. The molecule has 1 aliphatic rings. The standard InChI is InChI=1S/C16H13N7/c1-17-10-16(5-12(6-16)18-2)23-9-11(7-21-23)14-8-20-22-15-13(14)3-4-19-15/h3-4,7-9,12H,5-6,10H2,(H,19,22)/t12-,16+. The Bertz CT molecular complexity index is 947. The third kappa shape index (κ3) is 1.98. The first kappa shape index (κ1) is 13.5. The van der Waals surface area contributed by atoms with Crippen molar-refractivity contribution in [3.05, 3.63) is 53.7 Å². The Morgan fingerprint density at radius 1 is 1.35 bits per heavy atom. The highest BCUT2D eigenvalue weighted by Gasteiger charge is 2.53. The van der Waals surface area contributed by atoms with Crippen LogP contribution in [0.1, 0.15) is 12.8 Å². The number of H-pyrrole nitrogens is 1. The maximum absolute atomic E-state index is 7.21. The summed E-state index contributed by atoms with van der Waals surface area (Å²) in [4.78, 5) is 10.2. The van der Waals surface area contributed by atoms with E-state index in [-0.39, 0.29) is 11.6 Å². The fraction of sp³-hybridized carbons (Fsp3) is 0.312. The maximum Gasteiger partial charge on any atom is 0.240 e. The summed E-state index contributed by atoms with van der Waals surface area (Å²) in [6.07, 6.45) is 8.68. The van der Waals surface area contributed by atoms with Crippen LogP contribution in [0.3, 0.4) is 0 Å². The zero-order valence-corrected chi connectivity index (χ0v) is 12.3. The molecule has 7 nitrogen and oxygen atoms in total. The molecule has 0 saturated heterocycles. The summed E-state index contributed by atoms with van der Waals surface area (Å²) in [5, 5.41) is 13.5. The van der Waals surface area contributed by atoms with Gasteiger partial charge >= 0.3 is 0 Å². The van der Waals surface area contributed by atoms with Gasteiger partial charge in [-0.1, -0.05) is 0 Å². The molecule has 0 atom stereocenters. The molecule has 0 aromatic carbocycles. The maximum atomic E-state index is 7.21. The molecule has 0 aliphatic heterocycles. The van der Waals surface area contributed by atoms with E-state index in [1.807, 2.05) is 23.1 Å². The molecule has 7 heteroatoms. The van der Waals surface area contributed by atoms with E-state index in [2.05, 4.69) is 30.0 Å². The molecule has 0 radical (unpaired) electrons. The summed E-state index contributed by atoms with van der Waals surface area (Å²) in [6.45, 7) is 14.7. The van der Waals surface area contributed by atoms with Crippen molar-refractivity contribution >= 4 is 11.0 Å². The second kappa shape index (κ2) is 4.92. The molecule has 0 bridgehead atoms. The number of rotatable bonds is 3. The van der Waals surface area contributed by atoms with Crippen LogP contribution in [0.25, 0.3) is 31.9 Å². The first-order valence-corrected chi connectivity index (χ1v) is 7.30. The summed E-state index contributed by atoms with van der Waals surface area (Å²) in [7, 11) is 0. The van der Waals surface area contributed by atoms with Crippen molar-refractivity contribution in [1.29, 1.82) is 0 Å². The van der Waals surface area contributed by atoms with Gasteiger partial charge in [0.1, 0.15) is 5.54 Å². The van der Waals surface area contributed by atoms with Gasteiger partial charge in [0.25, 0.3) is 0 Å². The van der Waals surface area contributed by atoms with Crippen LogP contribution >= 0.6 is 0 Å². The number of nitrogens with zero attached hydrogens (tertiary/aromatic N) is 6. The lowest BCUT2D eigenvalue weighted by Gasteiger charge is -2.37. The van der Waals surface area contributed by atoms with Gasteiger partial charge in [-0.15, -0.1) is 5.10 Å². The van der Waals surface area contributed by atoms with Gasteiger partial charge < -0.3 is 14.7 Å². The van der Waals surface area contributed by atoms with Crippen LogP contribution in [0.5, 0.6) is 0 Å². The van der Waals surface area contributed by atoms with Crippen molar-refractivity contribution in [2.75, 3.05) is 6.54 Å². The van der Waals surface area contributed by atoms with E-state index >= 15 is 0 Å². The minimum Gasteiger partial charge on any atom is -0.345 e. The van der Waals surface area contributed by atoms with E-state index in [1.54, 1.807) is 12.4 Å². The Labute approximate surface area is 132 Å². The second-order valence-corrected chi connectivity index (χ2v) is 5.90. The Morgan fingerprint density at radius 3 is 3.00 bits per heavy atom. The predicted molar refractivity (Wildman–Crippen MR) is 84.2 cm³/mol. The van der Waals surface area contributed by atoms with Crippen LogP contribution < -0.4 is 0 Å².